The molecule has 0 aliphatic rings. The molecule has 0 spiro atoms. The van der Waals surface area contributed by atoms with E-state index in [0.29, 0.717) is 17.9 Å². The van der Waals surface area contributed by atoms with Crippen LogP contribution in [-0.2, 0) is 6.42 Å². The summed E-state index contributed by atoms with van der Waals surface area (Å²) in [5.41, 5.74) is 3.43. The van der Waals surface area contributed by atoms with E-state index in [9.17, 15) is 8.78 Å². The number of nitrogens with two attached hydrogens (primary N) is 1. The van der Waals surface area contributed by atoms with Crippen molar-refractivity contribution < 1.29 is 8.78 Å². The molecule has 0 amide bonds. The average Bonchev–Trinajstić information content (AvgIpc) is 2.41. The zero-order valence-electron chi connectivity index (χ0n) is 12.5. The minimum atomic E-state index is -0.534. The molecular weight excluding hydrogens is 258 g/mol. The van der Waals surface area contributed by atoms with E-state index in [0.717, 1.165) is 18.9 Å². The molecule has 0 aromatic heterocycles. The highest BCUT2D eigenvalue weighted by molar-refractivity contribution is 5.18. The molecule has 0 radical (unpaired) electrons. The molecule has 2 atom stereocenters. The zero-order valence-corrected chi connectivity index (χ0v) is 12.5. The van der Waals surface area contributed by atoms with Gasteiger partial charge >= 0.3 is 0 Å². The first kappa shape index (κ1) is 17.1. The van der Waals surface area contributed by atoms with Crippen LogP contribution >= 0.6 is 0 Å². The minimum absolute atomic E-state index is 0.0537. The quantitative estimate of drug-likeness (QED) is 0.532. The van der Waals surface area contributed by atoms with Gasteiger partial charge in [-0.25, -0.2) is 8.78 Å². The number of hydrogen-bond acceptors (Lipinski definition) is 2. The summed E-state index contributed by atoms with van der Waals surface area (Å²) in [6.45, 7) is 4.36. The number of halogens is 2. The van der Waals surface area contributed by atoms with E-state index in [2.05, 4.69) is 19.3 Å². The highest BCUT2D eigenvalue weighted by Crippen LogP contribution is 2.20. The zero-order chi connectivity index (χ0) is 15.0. The number of benzene rings is 1. The van der Waals surface area contributed by atoms with E-state index < -0.39 is 11.6 Å². The topological polar surface area (TPSA) is 38.0 Å². The summed E-state index contributed by atoms with van der Waals surface area (Å²) in [6, 6.07) is 3.70. The van der Waals surface area contributed by atoms with Crippen LogP contribution in [0.1, 0.15) is 51.5 Å². The Morgan fingerprint density at radius 2 is 1.80 bits per heavy atom. The van der Waals surface area contributed by atoms with Crippen molar-refractivity contribution in [2.45, 2.75) is 58.4 Å². The smallest absolute Gasteiger partial charge is 0.126 e. The molecule has 1 aromatic rings. The highest BCUT2D eigenvalue weighted by atomic mass is 19.1. The average molecular weight is 284 g/mol. The number of hydrogen-bond donors (Lipinski definition) is 2. The van der Waals surface area contributed by atoms with Crippen LogP contribution < -0.4 is 11.3 Å². The lowest BCUT2D eigenvalue weighted by molar-refractivity contribution is 0.349. The lowest BCUT2D eigenvalue weighted by atomic mass is 9.90. The first-order valence-corrected chi connectivity index (χ1v) is 7.50. The summed E-state index contributed by atoms with van der Waals surface area (Å²) in [7, 11) is 0. The predicted molar refractivity (Wildman–Crippen MR) is 79.1 cm³/mol. The van der Waals surface area contributed by atoms with Crippen molar-refractivity contribution in [2.75, 3.05) is 0 Å². The maximum atomic E-state index is 13.2. The van der Waals surface area contributed by atoms with Gasteiger partial charge in [-0.2, -0.15) is 0 Å². The van der Waals surface area contributed by atoms with Crippen LogP contribution in [0.5, 0.6) is 0 Å². The molecule has 0 aliphatic heterocycles. The Balaban J connectivity index is 2.61. The third-order valence-corrected chi connectivity index (χ3v) is 3.80. The third kappa shape index (κ3) is 5.97. The van der Waals surface area contributed by atoms with Crippen molar-refractivity contribution >= 4 is 0 Å². The summed E-state index contributed by atoms with van der Waals surface area (Å²) in [5.74, 6) is 5.13. The van der Waals surface area contributed by atoms with Gasteiger partial charge in [0.05, 0.1) is 0 Å². The second-order valence-electron chi connectivity index (χ2n) is 5.50. The maximum absolute atomic E-state index is 13.2. The van der Waals surface area contributed by atoms with Gasteiger partial charge in [0.2, 0.25) is 0 Å². The molecule has 1 aromatic carbocycles. The minimum Gasteiger partial charge on any atom is -0.271 e. The highest BCUT2D eigenvalue weighted by Gasteiger charge is 2.15. The van der Waals surface area contributed by atoms with Crippen molar-refractivity contribution in [3.63, 3.8) is 0 Å². The molecule has 2 nitrogen and oxygen atoms in total. The normalized spacial score (nSPS) is 14.2. The van der Waals surface area contributed by atoms with Crippen LogP contribution in [0.15, 0.2) is 18.2 Å². The number of unbranched alkanes of at least 4 members (excludes halogenated alkanes) is 1. The molecule has 2 unspecified atom stereocenters. The van der Waals surface area contributed by atoms with Crippen molar-refractivity contribution in [1.82, 2.24) is 5.43 Å². The second kappa shape index (κ2) is 9.03. The Bertz CT molecular complexity index is 376. The summed E-state index contributed by atoms with van der Waals surface area (Å²) < 4.78 is 26.4. The molecule has 0 saturated heterocycles. The Morgan fingerprint density at radius 1 is 1.15 bits per heavy atom. The summed E-state index contributed by atoms with van der Waals surface area (Å²) in [4.78, 5) is 0. The lowest BCUT2D eigenvalue weighted by Gasteiger charge is -2.22. The van der Waals surface area contributed by atoms with Crippen LogP contribution in [0.3, 0.4) is 0 Å². The van der Waals surface area contributed by atoms with Gasteiger partial charge in [0, 0.05) is 12.1 Å². The Kier molecular flexibility index (Phi) is 7.70. The standard InChI is InChI=1S/C16H26F2N2/c1-3-5-6-12(4-2)9-16(20-19)10-13-7-14(17)11-15(18)8-13/h7-8,11-12,16,20H,3-6,9-10,19H2,1-2H3. The number of nitrogens with one attached hydrogen (secondary N) is 1. The van der Waals surface area contributed by atoms with Crippen molar-refractivity contribution in [2.24, 2.45) is 11.8 Å². The first-order valence-electron chi connectivity index (χ1n) is 7.50. The fourth-order valence-corrected chi connectivity index (χ4v) is 2.61. The number of rotatable bonds is 9. The van der Waals surface area contributed by atoms with Gasteiger partial charge in [-0.1, -0.05) is 39.5 Å². The SMILES string of the molecule is CCCCC(CC)CC(Cc1cc(F)cc(F)c1)NN. The third-order valence-electron chi connectivity index (χ3n) is 3.80. The van der Waals surface area contributed by atoms with E-state index in [1.54, 1.807) is 0 Å². The molecule has 0 fully saturated rings. The second-order valence-corrected chi connectivity index (χ2v) is 5.50. The molecule has 0 bridgehead atoms. The van der Waals surface area contributed by atoms with Gasteiger partial charge in [-0.05, 0) is 36.5 Å². The fourth-order valence-electron chi connectivity index (χ4n) is 2.61. The van der Waals surface area contributed by atoms with E-state index >= 15 is 0 Å². The summed E-state index contributed by atoms with van der Waals surface area (Å²) >= 11 is 0. The van der Waals surface area contributed by atoms with Gasteiger partial charge in [-0.3, -0.25) is 11.3 Å². The molecule has 1 rings (SSSR count). The molecule has 3 N–H and O–H groups in total. The van der Waals surface area contributed by atoms with E-state index in [-0.39, 0.29) is 6.04 Å². The van der Waals surface area contributed by atoms with Gasteiger partial charge in [0.15, 0.2) is 0 Å². The van der Waals surface area contributed by atoms with Gasteiger partial charge in [0.25, 0.3) is 0 Å². The van der Waals surface area contributed by atoms with Crippen LogP contribution in [0.25, 0.3) is 0 Å². The van der Waals surface area contributed by atoms with Gasteiger partial charge in [-0.15, -0.1) is 0 Å². The first-order chi connectivity index (χ1) is 9.58. The van der Waals surface area contributed by atoms with Crippen LogP contribution in [0.4, 0.5) is 8.78 Å². The van der Waals surface area contributed by atoms with Crippen LogP contribution in [0.2, 0.25) is 0 Å². The Morgan fingerprint density at radius 3 is 2.30 bits per heavy atom. The van der Waals surface area contributed by atoms with Crippen LogP contribution in [-0.4, -0.2) is 6.04 Å². The summed E-state index contributed by atoms with van der Waals surface area (Å²) in [6.07, 6.45) is 6.17. The molecule has 4 heteroatoms. The summed E-state index contributed by atoms with van der Waals surface area (Å²) in [5, 5.41) is 0. The van der Waals surface area contributed by atoms with Crippen molar-refractivity contribution in [3.8, 4) is 0 Å². The van der Waals surface area contributed by atoms with Crippen LogP contribution in [0, 0.1) is 17.6 Å². The van der Waals surface area contributed by atoms with E-state index in [1.165, 1.54) is 31.4 Å². The van der Waals surface area contributed by atoms with E-state index in [4.69, 9.17) is 5.84 Å². The molecule has 114 valence electrons. The Labute approximate surface area is 120 Å². The largest absolute Gasteiger partial charge is 0.271 e. The number of hydrazine groups is 1. The van der Waals surface area contributed by atoms with Gasteiger partial charge < -0.3 is 0 Å². The fraction of sp³-hybridized carbons (Fsp3) is 0.625. The maximum Gasteiger partial charge on any atom is 0.126 e. The lowest BCUT2D eigenvalue weighted by Crippen LogP contribution is -2.38. The Hall–Kier alpha value is -1.00. The van der Waals surface area contributed by atoms with E-state index in [1.807, 2.05) is 0 Å². The molecular formula is C16H26F2N2. The molecule has 0 saturated carbocycles. The molecule has 0 aliphatic carbocycles. The van der Waals surface area contributed by atoms with Crippen molar-refractivity contribution in [3.05, 3.63) is 35.4 Å². The molecule has 0 heterocycles. The van der Waals surface area contributed by atoms with Gasteiger partial charge in [0.1, 0.15) is 11.6 Å². The van der Waals surface area contributed by atoms with Crippen molar-refractivity contribution in [1.29, 1.82) is 0 Å². The molecule has 20 heavy (non-hydrogen) atoms. The monoisotopic (exact) mass is 284 g/mol. The predicted octanol–water partition coefficient (Wildman–Crippen LogP) is 3.95.